The highest BCUT2D eigenvalue weighted by atomic mass is 32.2. The first-order valence-corrected chi connectivity index (χ1v) is 8.58. The highest BCUT2D eigenvalue weighted by Gasteiger charge is 2.08. The van der Waals surface area contributed by atoms with Crippen molar-refractivity contribution < 1.29 is 0 Å². The maximum absolute atomic E-state index is 4.39. The van der Waals surface area contributed by atoms with Gasteiger partial charge >= 0.3 is 0 Å². The van der Waals surface area contributed by atoms with E-state index in [-0.39, 0.29) is 0 Å². The van der Waals surface area contributed by atoms with Gasteiger partial charge in [-0.15, -0.1) is 28.6 Å². The average Bonchev–Trinajstić information content (AvgIpc) is 2.68. The lowest BCUT2D eigenvalue weighted by Gasteiger charge is -1.98. The molecule has 0 unspecified atom stereocenters. The summed E-state index contributed by atoms with van der Waals surface area (Å²) in [6.07, 6.45) is 7.08. The van der Waals surface area contributed by atoms with Crippen molar-refractivity contribution in [1.29, 1.82) is 0 Å². The summed E-state index contributed by atoms with van der Waals surface area (Å²) in [7, 11) is 0. The monoisotopic (exact) mass is 276 g/mol. The zero-order valence-corrected chi connectivity index (χ0v) is 12.4. The van der Waals surface area contributed by atoms with Gasteiger partial charge in [0.1, 0.15) is 4.38 Å². The summed E-state index contributed by atoms with van der Waals surface area (Å²) in [6.45, 7) is 3.02. The van der Waals surface area contributed by atoms with Crippen LogP contribution in [0.3, 0.4) is 0 Å². The van der Waals surface area contributed by atoms with Gasteiger partial charge in [-0.1, -0.05) is 18.7 Å². The van der Waals surface area contributed by atoms with Crippen LogP contribution in [0, 0.1) is 0 Å². The third-order valence-corrected chi connectivity index (χ3v) is 4.33. The molecular weight excluding hydrogens is 260 g/mol. The maximum Gasteiger partial charge on any atom is 0.270 e. The van der Waals surface area contributed by atoms with E-state index in [0.29, 0.717) is 5.95 Å². The second-order valence-electron chi connectivity index (χ2n) is 2.91. The van der Waals surface area contributed by atoms with E-state index in [2.05, 4.69) is 22.0 Å². The van der Waals surface area contributed by atoms with E-state index >= 15 is 0 Å². The maximum atomic E-state index is 4.39. The predicted molar refractivity (Wildman–Crippen MR) is 76.2 cm³/mol. The molecule has 0 aliphatic rings. The van der Waals surface area contributed by atoms with Crippen LogP contribution in [-0.2, 0) is 6.54 Å². The molecule has 1 heterocycles. The number of thioether (sulfide) groups is 3. The van der Waals surface area contributed by atoms with Gasteiger partial charge in [0.05, 0.1) is 0 Å². The zero-order chi connectivity index (χ0) is 12.0. The van der Waals surface area contributed by atoms with Crippen molar-refractivity contribution in [2.24, 2.45) is 4.99 Å². The first-order chi connectivity index (χ1) is 7.74. The summed E-state index contributed by atoms with van der Waals surface area (Å²) in [4.78, 5) is 8.78. The Labute approximate surface area is 109 Å². The van der Waals surface area contributed by atoms with E-state index in [0.717, 1.165) is 22.5 Å². The van der Waals surface area contributed by atoms with Gasteiger partial charge in [-0.3, -0.25) is 0 Å². The van der Waals surface area contributed by atoms with Crippen LogP contribution in [0.2, 0.25) is 0 Å². The molecule has 0 radical (unpaired) electrons. The molecule has 0 bridgehead atoms. The lowest BCUT2D eigenvalue weighted by molar-refractivity contribution is 0.551. The van der Waals surface area contributed by atoms with Gasteiger partial charge < -0.3 is 0 Å². The average molecular weight is 276 g/mol. The van der Waals surface area contributed by atoms with Gasteiger partial charge in [-0.25, -0.2) is 4.68 Å². The molecule has 90 valence electrons. The molecule has 0 saturated carbocycles. The molecule has 1 aromatic rings. The molecule has 0 N–H and O–H groups in total. The molecule has 0 atom stereocenters. The minimum absolute atomic E-state index is 0.566. The summed E-state index contributed by atoms with van der Waals surface area (Å²) in [6, 6.07) is 0. The van der Waals surface area contributed by atoms with Gasteiger partial charge in [0.15, 0.2) is 5.16 Å². The first-order valence-electron chi connectivity index (χ1n) is 4.90. The molecule has 0 fully saturated rings. The minimum atomic E-state index is 0.566. The zero-order valence-electron chi connectivity index (χ0n) is 9.93. The van der Waals surface area contributed by atoms with Gasteiger partial charge in [0.2, 0.25) is 0 Å². The van der Waals surface area contributed by atoms with Crippen LogP contribution < -0.4 is 0 Å². The Morgan fingerprint density at radius 2 is 2.00 bits per heavy atom. The fourth-order valence-corrected chi connectivity index (χ4v) is 2.66. The molecule has 1 aromatic heterocycles. The Hall–Kier alpha value is -0.140. The number of aryl methyl sites for hydroxylation is 1. The van der Waals surface area contributed by atoms with Crippen LogP contribution in [-0.4, -0.2) is 37.9 Å². The molecule has 0 aliphatic heterocycles. The normalized spacial score (nSPS) is 10.5. The second-order valence-corrected chi connectivity index (χ2v) is 5.53. The van der Waals surface area contributed by atoms with Gasteiger partial charge in [0, 0.05) is 6.54 Å². The van der Waals surface area contributed by atoms with Gasteiger partial charge in [-0.2, -0.15) is 9.98 Å². The molecule has 16 heavy (non-hydrogen) atoms. The smallest absolute Gasteiger partial charge is 0.239 e. The summed E-state index contributed by atoms with van der Waals surface area (Å²) < 4.78 is 2.91. The largest absolute Gasteiger partial charge is 0.270 e. The van der Waals surface area contributed by atoms with E-state index in [1.165, 1.54) is 0 Å². The number of aliphatic imine (C=N–C) groups is 1. The second kappa shape index (κ2) is 7.24. The van der Waals surface area contributed by atoms with Crippen LogP contribution in [0.25, 0.3) is 0 Å². The van der Waals surface area contributed by atoms with E-state index in [9.17, 15) is 0 Å². The summed E-state index contributed by atoms with van der Waals surface area (Å²) >= 11 is 4.84. The SMILES string of the molecule is CCCn1nc(N=C(SC)SC)nc1SC. The van der Waals surface area contributed by atoms with Crippen LogP contribution >= 0.6 is 35.3 Å². The first kappa shape index (κ1) is 13.9. The van der Waals surface area contributed by atoms with Crippen molar-refractivity contribution in [3.05, 3.63) is 0 Å². The molecule has 0 aromatic carbocycles. The topological polar surface area (TPSA) is 43.1 Å². The minimum Gasteiger partial charge on any atom is -0.239 e. The molecule has 0 spiro atoms. The standard InChI is InChI=1S/C9H16N4S3/c1-5-6-13-8(14-2)10-7(12-13)11-9(15-3)16-4/h5-6H2,1-4H3. The van der Waals surface area contributed by atoms with Crippen LogP contribution in [0.15, 0.2) is 10.1 Å². The Kier molecular flexibility index (Phi) is 6.30. The molecule has 4 nitrogen and oxygen atoms in total. The van der Waals surface area contributed by atoms with Crippen molar-refractivity contribution in [2.75, 3.05) is 18.8 Å². The Bertz CT molecular complexity index is 356. The fourth-order valence-electron chi connectivity index (χ4n) is 1.13. The third kappa shape index (κ3) is 3.71. The number of aromatic nitrogens is 3. The van der Waals surface area contributed by atoms with Crippen molar-refractivity contribution >= 4 is 45.6 Å². The van der Waals surface area contributed by atoms with Gasteiger partial charge in [0.25, 0.3) is 5.95 Å². The molecule has 0 aliphatic carbocycles. The number of hydrogen-bond acceptors (Lipinski definition) is 6. The molecule has 0 saturated heterocycles. The summed E-state index contributed by atoms with van der Waals surface area (Å²) in [5, 5.41) is 5.31. The molecular formula is C9H16N4S3. The van der Waals surface area contributed by atoms with Crippen LogP contribution in [0.4, 0.5) is 5.95 Å². The van der Waals surface area contributed by atoms with Crippen molar-refractivity contribution in [3.63, 3.8) is 0 Å². The number of nitrogens with zero attached hydrogens (tertiary/aromatic N) is 4. The molecule has 7 heteroatoms. The lowest BCUT2D eigenvalue weighted by Crippen LogP contribution is -2.00. The number of hydrogen-bond donors (Lipinski definition) is 0. The molecule has 0 amide bonds. The summed E-state index contributed by atoms with van der Waals surface area (Å²) in [5.41, 5.74) is 0. The van der Waals surface area contributed by atoms with E-state index in [1.807, 2.05) is 23.4 Å². The summed E-state index contributed by atoms with van der Waals surface area (Å²) in [5.74, 6) is 0.566. The lowest BCUT2D eigenvalue weighted by atomic mass is 10.5. The fraction of sp³-hybridized carbons (Fsp3) is 0.667. The van der Waals surface area contributed by atoms with Crippen LogP contribution in [0.1, 0.15) is 13.3 Å². The Balaban J connectivity index is 2.93. The van der Waals surface area contributed by atoms with Crippen LogP contribution in [0.5, 0.6) is 0 Å². The van der Waals surface area contributed by atoms with E-state index < -0.39 is 0 Å². The van der Waals surface area contributed by atoms with Crippen molar-refractivity contribution in [2.45, 2.75) is 25.0 Å². The van der Waals surface area contributed by atoms with E-state index in [4.69, 9.17) is 0 Å². The highest BCUT2D eigenvalue weighted by molar-refractivity contribution is 8.38. The Morgan fingerprint density at radius 1 is 1.31 bits per heavy atom. The van der Waals surface area contributed by atoms with E-state index in [1.54, 1.807) is 35.3 Å². The van der Waals surface area contributed by atoms with Gasteiger partial charge in [-0.05, 0) is 25.2 Å². The third-order valence-electron chi connectivity index (χ3n) is 1.79. The van der Waals surface area contributed by atoms with Crippen molar-refractivity contribution in [3.8, 4) is 0 Å². The highest BCUT2D eigenvalue weighted by Crippen LogP contribution is 2.20. The quantitative estimate of drug-likeness (QED) is 0.480. The van der Waals surface area contributed by atoms with Crippen molar-refractivity contribution in [1.82, 2.24) is 14.8 Å². The predicted octanol–water partition coefficient (Wildman–Crippen LogP) is 3.12. The Morgan fingerprint density at radius 3 is 2.50 bits per heavy atom. The number of rotatable bonds is 4. The molecule has 1 rings (SSSR count).